The Kier molecular flexibility index (Phi) is 14.6. The fourth-order valence-electron chi connectivity index (χ4n) is 1.10. The van der Waals surface area contributed by atoms with E-state index in [-0.39, 0.29) is 32.5 Å². The fourth-order valence-corrected chi connectivity index (χ4v) is 1.10. The second kappa shape index (κ2) is 14.8. The number of carbonyl (C=O) groups is 4. The van der Waals surface area contributed by atoms with Crippen molar-refractivity contribution in [3.05, 3.63) is 25.3 Å². The minimum atomic E-state index is -1.22. The third-order valence-corrected chi connectivity index (χ3v) is 2.40. The van der Waals surface area contributed by atoms with E-state index in [1.807, 2.05) is 0 Å². The summed E-state index contributed by atoms with van der Waals surface area (Å²) in [7, 11) is 0. The first-order valence-electron chi connectivity index (χ1n) is 7.15. The van der Waals surface area contributed by atoms with Crippen LogP contribution in [0.2, 0.25) is 0 Å². The highest BCUT2D eigenvalue weighted by Gasteiger charge is 2.16. The molecule has 10 heteroatoms. The Morgan fingerprint density at radius 2 is 1.32 bits per heavy atom. The molecule has 0 heterocycles. The van der Waals surface area contributed by atoms with Crippen LogP contribution in [0.25, 0.3) is 0 Å². The number of carbonyl (C=O) groups excluding carboxylic acids is 2. The molecule has 0 aliphatic carbocycles. The van der Waals surface area contributed by atoms with Crippen molar-refractivity contribution in [1.82, 2.24) is 0 Å². The first-order chi connectivity index (χ1) is 11.6. The molecule has 10 nitrogen and oxygen atoms in total. The molecule has 0 fully saturated rings. The third-order valence-electron chi connectivity index (χ3n) is 2.40. The van der Waals surface area contributed by atoms with Gasteiger partial charge in [-0.15, -0.1) is 0 Å². The summed E-state index contributed by atoms with van der Waals surface area (Å²) in [4.78, 5) is 41.9. The van der Waals surface area contributed by atoms with E-state index < -0.39 is 36.0 Å². The van der Waals surface area contributed by atoms with Crippen molar-refractivity contribution in [3.63, 3.8) is 0 Å². The second-order valence-corrected chi connectivity index (χ2v) is 4.58. The third kappa shape index (κ3) is 15.9. The van der Waals surface area contributed by atoms with E-state index in [1.54, 1.807) is 0 Å². The zero-order valence-corrected chi connectivity index (χ0v) is 13.8. The molecule has 0 saturated carbocycles. The lowest BCUT2D eigenvalue weighted by molar-refractivity contribution is -0.148. The zero-order valence-electron chi connectivity index (χ0n) is 13.8. The van der Waals surface area contributed by atoms with Gasteiger partial charge in [-0.1, -0.05) is 25.3 Å². The van der Waals surface area contributed by atoms with Gasteiger partial charge in [-0.2, -0.15) is 0 Å². The summed E-state index contributed by atoms with van der Waals surface area (Å²) in [5.41, 5.74) is 10.2. The molecule has 0 rings (SSSR count). The van der Waals surface area contributed by atoms with E-state index in [1.165, 1.54) is 12.2 Å². The molecule has 0 saturated heterocycles. The smallest absolute Gasteiger partial charge is 0.321 e. The summed E-state index contributed by atoms with van der Waals surface area (Å²) in [5.74, 6) is -3.43. The van der Waals surface area contributed by atoms with E-state index in [4.69, 9.17) is 21.7 Å². The largest absolute Gasteiger partial charge is 0.480 e. The highest BCUT2D eigenvalue weighted by Crippen LogP contribution is 1.97. The Balaban J connectivity index is 0. The summed E-state index contributed by atoms with van der Waals surface area (Å²) in [6, 6.07) is -2.20. The van der Waals surface area contributed by atoms with Crippen LogP contribution in [-0.4, -0.2) is 59.4 Å². The van der Waals surface area contributed by atoms with Crippen LogP contribution in [0.15, 0.2) is 25.3 Å². The average molecular weight is 360 g/mol. The SMILES string of the molecule is C=CCOC(=O)CC[C@H](N)C(=O)O.C=CCOC(=O)C[C@H](N)C(=O)O. The standard InChI is InChI=1S/C8H13NO4.C7H11NO4/c1-2-5-13-7(10)4-3-6(9)8(11)12;1-2-3-12-6(9)4-5(8)7(10)11/h2,6H,1,3-5,9H2,(H,11,12);2,5H,1,3-4,8H2,(H,10,11)/t6-;5-/m00/s1. The van der Waals surface area contributed by atoms with Gasteiger partial charge in [0.2, 0.25) is 0 Å². The van der Waals surface area contributed by atoms with Crippen LogP contribution in [0.5, 0.6) is 0 Å². The normalized spacial score (nSPS) is 11.8. The topological polar surface area (TPSA) is 179 Å². The molecule has 0 aliphatic rings. The molecule has 0 aliphatic heterocycles. The van der Waals surface area contributed by atoms with E-state index in [0.29, 0.717) is 0 Å². The average Bonchev–Trinajstić information content (AvgIpc) is 2.56. The molecule has 0 unspecified atom stereocenters. The van der Waals surface area contributed by atoms with Crippen molar-refractivity contribution in [1.29, 1.82) is 0 Å². The Morgan fingerprint density at radius 3 is 1.72 bits per heavy atom. The van der Waals surface area contributed by atoms with Gasteiger partial charge in [0.25, 0.3) is 0 Å². The van der Waals surface area contributed by atoms with Gasteiger partial charge in [0.15, 0.2) is 0 Å². The Labute approximate surface area is 145 Å². The lowest BCUT2D eigenvalue weighted by Gasteiger charge is -2.05. The number of carboxylic acids is 2. The van der Waals surface area contributed by atoms with Crippen LogP contribution in [0, 0.1) is 0 Å². The molecule has 2 atom stereocenters. The van der Waals surface area contributed by atoms with Crippen LogP contribution in [0.1, 0.15) is 19.3 Å². The molecule has 0 aromatic carbocycles. The van der Waals surface area contributed by atoms with Gasteiger partial charge >= 0.3 is 23.9 Å². The van der Waals surface area contributed by atoms with Gasteiger partial charge in [-0.3, -0.25) is 19.2 Å². The van der Waals surface area contributed by atoms with Gasteiger partial charge < -0.3 is 31.2 Å². The highest BCUT2D eigenvalue weighted by molar-refractivity contribution is 5.81. The lowest BCUT2D eigenvalue weighted by Crippen LogP contribution is -2.33. The molecular weight excluding hydrogens is 336 g/mol. The van der Waals surface area contributed by atoms with Crippen LogP contribution in [0.3, 0.4) is 0 Å². The summed E-state index contributed by atoms with van der Waals surface area (Å²) in [6.45, 7) is 6.90. The van der Waals surface area contributed by atoms with Gasteiger partial charge in [0, 0.05) is 6.42 Å². The second-order valence-electron chi connectivity index (χ2n) is 4.58. The predicted octanol–water partition coefficient (Wildman–Crippen LogP) is -0.575. The minimum Gasteiger partial charge on any atom is -0.480 e. The van der Waals surface area contributed by atoms with Gasteiger partial charge in [0.05, 0.1) is 6.42 Å². The quantitative estimate of drug-likeness (QED) is 0.275. The maximum Gasteiger partial charge on any atom is 0.321 e. The summed E-state index contributed by atoms with van der Waals surface area (Å²) < 4.78 is 9.13. The molecule has 0 bridgehead atoms. The number of aliphatic carboxylic acids is 2. The Hall–Kier alpha value is -2.72. The zero-order chi connectivity index (χ0) is 19.8. The van der Waals surface area contributed by atoms with Crippen molar-refractivity contribution in [2.45, 2.75) is 31.3 Å². The fraction of sp³-hybridized carbons (Fsp3) is 0.467. The van der Waals surface area contributed by atoms with E-state index in [0.717, 1.165) is 0 Å². The Bertz CT molecular complexity index is 478. The van der Waals surface area contributed by atoms with E-state index in [9.17, 15) is 19.2 Å². The van der Waals surface area contributed by atoms with Crippen molar-refractivity contribution >= 4 is 23.9 Å². The van der Waals surface area contributed by atoms with Crippen molar-refractivity contribution < 1.29 is 38.9 Å². The van der Waals surface area contributed by atoms with Crippen molar-refractivity contribution in [2.24, 2.45) is 11.5 Å². The van der Waals surface area contributed by atoms with Crippen LogP contribution in [0.4, 0.5) is 0 Å². The molecule has 6 N–H and O–H groups in total. The molecular formula is C15H24N2O8. The van der Waals surface area contributed by atoms with Crippen molar-refractivity contribution in [3.8, 4) is 0 Å². The highest BCUT2D eigenvalue weighted by atomic mass is 16.5. The number of hydrogen-bond acceptors (Lipinski definition) is 8. The molecule has 0 aromatic heterocycles. The number of rotatable bonds is 11. The van der Waals surface area contributed by atoms with E-state index in [2.05, 4.69) is 22.6 Å². The number of hydrogen-bond donors (Lipinski definition) is 4. The van der Waals surface area contributed by atoms with E-state index >= 15 is 0 Å². The molecule has 0 aromatic rings. The monoisotopic (exact) mass is 360 g/mol. The van der Waals surface area contributed by atoms with Crippen LogP contribution in [-0.2, 0) is 28.7 Å². The summed E-state index contributed by atoms with van der Waals surface area (Å²) in [6.07, 6.45) is 2.62. The first-order valence-corrected chi connectivity index (χ1v) is 7.15. The summed E-state index contributed by atoms with van der Waals surface area (Å²) >= 11 is 0. The van der Waals surface area contributed by atoms with Gasteiger partial charge in [-0.05, 0) is 6.42 Å². The molecule has 25 heavy (non-hydrogen) atoms. The Morgan fingerprint density at radius 1 is 0.880 bits per heavy atom. The van der Waals surface area contributed by atoms with Crippen LogP contribution >= 0.6 is 0 Å². The maximum absolute atomic E-state index is 10.8. The molecule has 0 radical (unpaired) electrons. The number of esters is 2. The minimum absolute atomic E-state index is 0.0152. The van der Waals surface area contributed by atoms with Gasteiger partial charge in [0.1, 0.15) is 25.3 Å². The lowest BCUT2D eigenvalue weighted by atomic mass is 10.2. The molecule has 0 spiro atoms. The molecule has 142 valence electrons. The summed E-state index contributed by atoms with van der Waals surface area (Å²) in [5, 5.41) is 16.7. The molecule has 0 amide bonds. The number of carboxylic acid groups (broad SMARTS) is 2. The number of nitrogens with two attached hydrogens (primary N) is 2. The number of ether oxygens (including phenoxy) is 2. The van der Waals surface area contributed by atoms with Crippen molar-refractivity contribution in [2.75, 3.05) is 13.2 Å². The first kappa shape index (κ1) is 24.5. The maximum atomic E-state index is 10.8. The van der Waals surface area contributed by atoms with Gasteiger partial charge in [-0.25, -0.2) is 0 Å². The van der Waals surface area contributed by atoms with Crippen LogP contribution < -0.4 is 11.5 Å². The predicted molar refractivity (Wildman–Crippen MR) is 87.4 cm³/mol.